The maximum absolute atomic E-state index is 11.9. The van der Waals surface area contributed by atoms with E-state index in [4.69, 9.17) is 5.73 Å². The fourth-order valence-electron chi connectivity index (χ4n) is 2.62. The highest BCUT2D eigenvalue weighted by molar-refractivity contribution is 14.0. The molecule has 1 aliphatic carbocycles. The van der Waals surface area contributed by atoms with Crippen LogP contribution in [0.3, 0.4) is 0 Å². The van der Waals surface area contributed by atoms with Gasteiger partial charge in [-0.05, 0) is 48.8 Å². The van der Waals surface area contributed by atoms with Crippen molar-refractivity contribution in [3.8, 4) is 0 Å². The van der Waals surface area contributed by atoms with Gasteiger partial charge in [0.05, 0.1) is 12.3 Å². The van der Waals surface area contributed by atoms with Gasteiger partial charge in [0.2, 0.25) is 10.0 Å². The van der Waals surface area contributed by atoms with E-state index in [2.05, 4.69) is 41.0 Å². The molecule has 0 spiro atoms. The Morgan fingerprint density at radius 2 is 1.96 bits per heavy atom. The van der Waals surface area contributed by atoms with Crippen molar-refractivity contribution in [2.45, 2.75) is 45.4 Å². The number of rotatable bonds is 9. The number of aliphatic imine (C=N–C) groups is 1. The number of nitrogens with one attached hydrogen (secondary N) is 2. The number of sulfonamides is 1. The normalized spacial score (nSPS) is 16.5. The Morgan fingerprint density at radius 1 is 1.31 bits per heavy atom. The molecule has 4 N–H and O–H groups in total. The Labute approximate surface area is 174 Å². The third-order valence-electron chi connectivity index (χ3n) is 4.82. The van der Waals surface area contributed by atoms with Gasteiger partial charge in [0.1, 0.15) is 0 Å². The van der Waals surface area contributed by atoms with Crippen molar-refractivity contribution in [1.82, 2.24) is 4.72 Å². The molecule has 0 amide bonds. The average molecular weight is 494 g/mol. The van der Waals surface area contributed by atoms with Crippen LogP contribution in [0, 0.1) is 5.92 Å². The highest BCUT2D eigenvalue weighted by atomic mass is 127. The molecule has 1 saturated carbocycles. The topological polar surface area (TPSA) is 96.6 Å². The zero-order valence-corrected chi connectivity index (χ0v) is 18.7. The van der Waals surface area contributed by atoms with Gasteiger partial charge < -0.3 is 11.1 Å². The van der Waals surface area contributed by atoms with Crippen LogP contribution in [0.5, 0.6) is 0 Å². The molecule has 0 bridgehead atoms. The van der Waals surface area contributed by atoms with Crippen LogP contribution in [0.4, 0.5) is 5.69 Å². The SMILES string of the molecule is CCC(C)c1ccc(NC(N)=NCCS(=O)(=O)NCC2CCC2)cc1.I. The predicted molar refractivity (Wildman–Crippen MR) is 120 cm³/mol. The number of benzene rings is 1. The minimum absolute atomic E-state index is 0. The van der Waals surface area contributed by atoms with Crippen LogP contribution in [0.25, 0.3) is 0 Å². The number of guanidine groups is 1. The van der Waals surface area contributed by atoms with Crippen molar-refractivity contribution in [3.05, 3.63) is 29.8 Å². The van der Waals surface area contributed by atoms with Gasteiger partial charge in [-0.15, -0.1) is 24.0 Å². The molecular weight excluding hydrogens is 463 g/mol. The fourth-order valence-corrected chi connectivity index (χ4v) is 3.58. The first-order chi connectivity index (χ1) is 11.9. The van der Waals surface area contributed by atoms with Crippen LogP contribution < -0.4 is 15.8 Å². The zero-order chi connectivity index (χ0) is 18.3. The summed E-state index contributed by atoms with van der Waals surface area (Å²) in [5.41, 5.74) is 7.97. The zero-order valence-electron chi connectivity index (χ0n) is 15.6. The fraction of sp³-hybridized carbons (Fsp3) is 0.611. The number of nitrogens with zero attached hydrogens (tertiary/aromatic N) is 1. The molecule has 1 aromatic rings. The summed E-state index contributed by atoms with van der Waals surface area (Å²) in [6.45, 7) is 5.04. The lowest BCUT2D eigenvalue weighted by Crippen LogP contribution is -2.34. The van der Waals surface area contributed by atoms with Crippen LogP contribution >= 0.6 is 24.0 Å². The lowest BCUT2D eigenvalue weighted by atomic mass is 9.86. The monoisotopic (exact) mass is 494 g/mol. The number of anilines is 1. The van der Waals surface area contributed by atoms with Crippen LogP contribution in [0.2, 0.25) is 0 Å². The first kappa shape index (κ1) is 23.2. The second-order valence-electron chi connectivity index (χ2n) is 6.79. The van der Waals surface area contributed by atoms with Crippen LogP contribution in [-0.2, 0) is 10.0 Å². The molecule has 148 valence electrons. The maximum Gasteiger partial charge on any atom is 0.213 e. The Hall–Kier alpha value is -0.870. The number of nitrogens with two attached hydrogens (primary N) is 1. The molecule has 0 saturated heterocycles. The summed E-state index contributed by atoms with van der Waals surface area (Å²) in [6, 6.07) is 8.05. The average Bonchev–Trinajstić information content (AvgIpc) is 2.53. The molecule has 1 aliphatic rings. The van der Waals surface area contributed by atoms with E-state index >= 15 is 0 Å². The van der Waals surface area contributed by atoms with Gasteiger partial charge in [0, 0.05) is 12.2 Å². The van der Waals surface area contributed by atoms with E-state index in [1.165, 1.54) is 12.0 Å². The summed E-state index contributed by atoms with van der Waals surface area (Å²) in [5.74, 6) is 1.21. The van der Waals surface area contributed by atoms with Crippen molar-refractivity contribution in [2.75, 3.05) is 24.2 Å². The van der Waals surface area contributed by atoms with Crippen LogP contribution in [0.15, 0.2) is 29.3 Å². The van der Waals surface area contributed by atoms with E-state index in [0.717, 1.165) is 24.9 Å². The third-order valence-corrected chi connectivity index (χ3v) is 6.15. The molecule has 1 atom stereocenters. The first-order valence-corrected chi connectivity index (χ1v) is 10.7. The number of halogens is 1. The van der Waals surface area contributed by atoms with Crippen molar-refractivity contribution >= 4 is 45.6 Å². The number of hydrogen-bond donors (Lipinski definition) is 3. The van der Waals surface area contributed by atoms with Gasteiger partial charge >= 0.3 is 0 Å². The van der Waals surface area contributed by atoms with Crippen LogP contribution in [-0.4, -0.2) is 33.2 Å². The van der Waals surface area contributed by atoms with Gasteiger partial charge in [-0.3, -0.25) is 4.99 Å². The Bertz CT molecular complexity index is 673. The first-order valence-electron chi connectivity index (χ1n) is 9.04. The summed E-state index contributed by atoms with van der Waals surface area (Å²) in [6.07, 6.45) is 4.54. The molecule has 2 rings (SSSR count). The molecule has 1 unspecified atom stereocenters. The molecule has 8 heteroatoms. The highest BCUT2D eigenvalue weighted by Crippen LogP contribution is 2.25. The largest absolute Gasteiger partial charge is 0.370 e. The maximum atomic E-state index is 11.9. The van der Waals surface area contributed by atoms with Gasteiger partial charge in [-0.1, -0.05) is 32.4 Å². The molecule has 0 heterocycles. The second-order valence-corrected chi connectivity index (χ2v) is 8.71. The minimum atomic E-state index is -3.28. The van der Waals surface area contributed by atoms with Gasteiger partial charge in [0.25, 0.3) is 0 Å². The van der Waals surface area contributed by atoms with E-state index in [-0.39, 0.29) is 42.2 Å². The van der Waals surface area contributed by atoms with Gasteiger partial charge in [0.15, 0.2) is 5.96 Å². The summed E-state index contributed by atoms with van der Waals surface area (Å²) < 4.78 is 26.5. The molecule has 0 radical (unpaired) electrons. The molecule has 1 aromatic carbocycles. The minimum Gasteiger partial charge on any atom is -0.370 e. The van der Waals surface area contributed by atoms with Crippen molar-refractivity contribution in [1.29, 1.82) is 0 Å². The molecule has 1 fully saturated rings. The third kappa shape index (κ3) is 7.79. The summed E-state index contributed by atoms with van der Waals surface area (Å²) in [5, 5.41) is 2.99. The Balaban J connectivity index is 0.00000338. The Kier molecular flexibility index (Phi) is 9.88. The van der Waals surface area contributed by atoms with Gasteiger partial charge in [-0.25, -0.2) is 13.1 Å². The van der Waals surface area contributed by atoms with Crippen molar-refractivity contribution in [3.63, 3.8) is 0 Å². The molecule has 6 nitrogen and oxygen atoms in total. The Morgan fingerprint density at radius 3 is 2.50 bits per heavy atom. The molecular formula is C18H31IN4O2S. The lowest BCUT2D eigenvalue weighted by Gasteiger charge is -2.25. The van der Waals surface area contributed by atoms with E-state index in [9.17, 15) is 8.42 Å². The van der Waals surface area contributed by atoms with Crippen molar-refractivity contribution < 1.29 is 8.42 Å². The van der Waals surface area contributed by atoms with E-state index in [0.29, 0.717) is 18.4 Å². The summed E-state index contributed by atoms with van der Waals surface area (Å²) in [7, 11) is -3.28. The van der Waals surface area contributed by atoms with Gasteiger partial charge in [-0.2, -0.15) is 0 Å². The summed E-state index contributed by atoms with van der Waals surface area (Å²) >= 11 is 0. The highest BCUT2D eigenvalue weighted by Gasteiger charge is 2.19. The van der Waals surface area contributed by atoms with E-state index < -0.39 is 10.0 Å². The quantitative estimate of drug-likeness (QED) is 0.279. The lowest BCUT2D eigenvalue weighted by molar-refractivity contribution is 0.316. The molecule has 0 aliphatic heterocycles. The molecule has 0 aromatic heterocycles. The smallest absolute Gasteiger partial charge is 0.213 e. The van der Waals surface area contributed by atoms with E-state index in [1.807, 2.05) is 12.1 Å². The molecule has 26 heavy (non-hydrogen) atoms. The van der Waals surface area contributed by atoms with Crippen molar-refractivity contribution in [2.24, 2.45) is 16.6 Å². The second kappa shape index (κ2) is 11.1. The van der Waals surface area contributed by atoms with E-state index in [1.54, 1.807) is 0 Å². The number of hydrogen-bond acceptors (Lipinski definition) is 3. The predicted octanol–water partition coefficient (Wildman–Crippen LogP) is 3.26. The standard InChI is InChI=1S/C18H30N4O2S.HI/c1-3-14(2)16-7-9-17(10-8-16)22-18(19)20-11-12-25(23,24)21-13-15-5-4-6-15;/h7-10,14-15,21H,3-6,11-13H2,1-2H3,(H3,19,20,22);1H. The van der Waals surface area contributed by atoms with Crippen LogP contribution in [0.1, 0.15) is 51.0 Å². The summed E-state index contributed by atoms with van der Waals surface area (Å²) in [4.78, 5) is 4.10.